The van der Waals surface area contributed by atoms with Gasteiger partial charge in [0.15, 0.2) is 0 Å². The van der Waals surface area contributed by atoms with Crippen molar-refractivity contribution < 1.29 is 4.92 Å². The van der Waals surface area contributed by atoms with Crippen molar-refractivity contribution in [2.75, 3.05) is 6.54 Å². The first-order valence-electron chi connectivity index (χ1n) is 7.56. The second-order valence-electron chi connectivity index (χ2n) is 5.93. The monoisotopic (exact) mass is 300 g/mol. The number of nitro benzene ring substituents is 1. The van der Waals surface area contributed by atoms with Crippen LogP contribution in [-0.4, -0.2) is 21.2 Å². The topological polar surface area (TPSA) is 87.0 Å². The number of aromatic nitrogens is 2. The van der Waals surface area contributed by atoms with Crippen molar-refractivity contribution in [3.63, 3.8) is 0 Å². The summed E-state index contributed by atoms with van der Waals surface area (Å²) in [6, 6.07) is 5.27. The fourth-order valence-corrected chi connectivity index (χ4v) is 3.41. The van der Waals surface area contributed by atoms with E-state index in [1.165, 1.54) is 5.56 Å². The predicted molar refractivity (Wildman–Crippen MR) is 84.4 cm³/mol. The molecule has 1 aromatic carbocycles. The van der Waals surface area contributed by atoms with Gasteiger partial charge in [0.25, 0.3) is 5.69 Å². The van der Waals surface area contributed by atoms with E-state index in [2.05, 4.69) is 5.10 Å². The maximum absolute atomic E-state index is 11.4. The van der Waals surface area contributed by atoms with E-state index in [9.17, 15) is 10.1 Å². The zero-order chi connectivity index (χ0) is 15.9. The van der Waals surface area contributed by atoms with E-state index in [-0.39, 0.29) is 10.6 Å². The Morgan fingerprint density at radius 2 is 2.23 bits per heavy atom. The summed E-state index contributed by atoms with van der Waals surface area (Å²) < 4.78 is 1.75. The maximum atomic E-state index is 11.4. The summed E-state index contributed by atoms with van der Waals surface area (Å²) in [6.07, 6.45) is 2.99. The summed E-state index contributed by atoms with van der Waals surface area (Å²) >= 11 is 0. The Bertz CT molecular complexity index is 736. The van der Waals surface area contributed by atoms with Crippen molar-refractivity contribution in [2.24, 2.45) is 5.73 Å². The highest BCUT2D eigenvalue weighted by molar-refractivity contribution is 5.55. The van der Waals surface area contributed by atoms with Crippen LogP contribution in [0.5, 0.6) is 0 Å². The summed E-state index contributed by atoms with van der Waals surface area (Å²) in [5.74, 6) is 0.307. The van der Waals surface area contributed by atoms with Crippen LogP contribution in [0.2, 0.25) is 0 Å². The first kappa shape index (κ1) is 14.7. The molecule has 2 N–H and O–H groups in total. The van der Waals surface area contributed by atoms with Crippen LogP contribution in [-0.2, 0) is 6.42 Å². The van der Waals surface area contributed by atoms with E-state index in [1.54, 1.807) is 16.8 Å². The highest BCUT2D eigenvalue weighted by Gasteiger charge is 2.28. The lowest BCUT2D eigenvalue weighted by Gasteiger charge is -2.22. The van der Waals surface area contributed by atoms with Gasteiger partial charge in [-0.15, -0.1) is 0 Å². The Labute approximate surface area is 129 Å². The number of hydrogen-bond acceptors (Lipinski definition) is 4. The average molecular weight is 300 g/mol. The van der Waals surface area contributed by atoms with Gasteiger partial charge in [0, 0.05) is 17.3 Å². The molecule has 2 aromatic rings. The van der Waals surface area contributed by atoms with Gasteiger partial charge < -0.3 is 5.73 Å². The molecule has 1 aliphatic rings. The highest BCUT2D eigenvalue weighted by Crippen LogP contribution is 2.36. The van der Waals surface area contributed by atoms with Gasteiger partial charge in [0.05, 0.1) is 10.6 Å². The van der Waals surface area contributed by atoms with Crippen molar-refractivity contribution in [3.05, 3.63) is 50.8 Å². The van der Waals surface area contributed by atoms with Crippen molar-refractivity contribution in [1.29, 1.82) is 0 Å². The minimum absolute atomic E-state index is 0.0974. The van der Waals surface area contributed by atoms with Crippen LogP contribution < -0.4 is 5.73 Å². The number of rotatable bonds is 3. The van der Waals surface area contributed by atoms with Crippen LogP contribution in [0.4, 0.5) is 5.69 Å². The van der Waals surface area contributed by atoms with Gasteiger partial charge >= 0.3 is 0 Å². The van der Waals surface area contributed by atoms with E-state index < -0.39 is 0 Å². The maximum Gasteiger partial charge on any atom is 0.295 e. The van der Waals surface area contributed by atoms with Crippen LogP contribution in [0.1, 0.15) is 41.3 Å². The lowest BCUT2D eigenvalue weighted by atomic mass is 9.85. The predicted octanol–water partition coefficient (Wildman–Crippen LogP) is 2.78. The van der Waals surface area contributed by atoms with Crippen molar-refractivity contribution in [3.8, 4) is 5.69 Å². The average Bonchev–Trinajstić information content (AvgIpc) is 2.84. The molecule has 1 heterocycles. The van der Waals surface area contributed by atoms with Crippen molar-refractivity contribution >= 4 is 5.69 Å². The molecule has 0 amide bonds. The zero-order valence-electron chi connectivity index (χ0n) is 12.9. The number of nitro groups is 1. The third kappa shape index (κ3) is 2.29. The van der Waals surface area contributed by atoms with Crippen LogP contribution in [0.15, 0.2) is 18.2 Å². The Morgan fingerprint density at radius 1 is 1.45 bits per heavy atom. The molecule has 0 bridgehead atoms. The molecule has 3 rings (SSSR count). The standard InChI is InChI=1S/C16H20N4O2/c1-10-6-7-13(15(8-10)20(21)22)19-14-5-3-4-12(9-17)16(14)11(2)18-19/h6-8,12H,3-5,9,17H2,1-2H3. The van der Waals surface area contributed by atoms with Crippen molar-refractivity contribution in [1.82, 2.24) is 9.78 Å². The molecule has 22 heavy (non-hydrogen) atoms. The Kier molecular flexibility index (Phi) is 3.70. The third-order valence-electron chi connectivity index (χ3n) is 4.42. The molecular formula is C16H20N4O2. The molecule has 0 radical (unpaired) electrons. The van der Waals surface area contributed by atoms with Gasteiger partial charge in [0.2, 0.25) is 0 Å². The van der Waals surface area contributed by atoms with Crippen LogP contribution >= 0.6 is 0 Å². The third-order valence-corrected chi connectivity index (χ3v) is 4.42. The number of hydrogen-bond donors (Lipinski definition) is 1. The highest BCUT2D eigenvalue weighted by atomic mass is 16.6. The molecule has 0 fully saturated rings. The summed E-state index contributed by atoms with van der Waals surface area (Å²) in [5, 5.41) is 16.0. The minimum Gasteiger partial charge on any atom is -0.330 e. The van der Waals surface area contributed by atoms with Crippen LogP contribution in [0.3, 0.4) is 0 Å². The molecule has 6 heteroatoms. The van der Waals surface area contributed by atoms with E-state index >= 15 is 0 Å². The lowest BCUT2D eigenvalue weighted by Crippen LogP contribution is -2.19. The SMILES string of the molecule is Cc1ccc(-n2nc(C)c3c2CCCC3CN)c([N+](=O)[O-])c1. The van der Waals surface area contributed by atoms with Gasteiger partial charge in [-0.05, 0) is 57.2 Å². The normalized spacial score (nSPS) is 17.3. The van der Waals surface area contributed by atoms with E-state index in [0.717, 1.165) is 36.2 Å². The van der Waals surface area contributed by atoms with Gasteiger partial charge in [0.1, 0.15) is 5.69 Å². The molecule has 0 aliphatic heterocycles. The fraction of sp³-hybridized carbons (Fsp3) is 0.438. The number of fused-ring (bicyclic) bond motifs is 1. The van der Waals surface area contributed by atoms with Crippen LogP contribution in [0, 0.1) is 24.0 Å². The number of nitrogens with two attached hydrogens (primary N) is 1. The lowest BCUT2D eigenvalue weighted by molar-refractivity contribution is -0.384. The first-order chi connectivity index (χ1) is 10.5. The number of nitrogens with zero attached hydrogens (tertiary/aromatic N) is 3. The van der Waals surface area contributed by atoms with Crippen LogP contribution in [0.25, 0.3) is 5.69 Å². The molecule has 0 saturated carbocycles. The number of aryl methyl sites for hydroxylation is 2. The minimum atomic E-state index is -0.338. The second kappa shape index (κ2) is 5.53. The van der Waals surface area contributed by atoms with E-state index in [4.69, 9.17) is 5.73 Å². The smallest absolute Gasteiger partial charge is 0.295 e. The van der Waals surface area contributed by atoms with Gasteiger partial charge in [-0.1, -0.05) is 6.07 Å². The molecule has 1 atom stereocenters. The summed E-state index contributed by atoms with van der Waals surface area (Å²) in [6.45, 7) is 4.41. The van der Waals surface area contributed by atoms with E-state index in [1.807, 2.05) is 19.9 Å². The van der Waals surface area contributed by atoms with Gasteiger partial charge in [-0.2, -0.15) is 5.10 Å². The first-order valence-corrected chi connectivity index (χ1v) is 7.56. The van der Waals surface area contributed by atoms with Gasteiger partial charge in [-0.25, -0.2) is 4.68 Å². The summed E-state index contributed by atoms with van der Waals surface area (Å²) in [7, 11) is 0. The quantitative estimate of drug-likeness (QED) is 0.697. The molecule has 6 nitrogen and oxygen atoms in total. The molecule has 1 unspecified atom stereocenters. The Balaban J connectivity index is 2.21. The van der Waals surface area contributed by atoms with Crippen molar-refractivity contribution in [2.45, 2.75) is 39.0 Å². The summed E-state index contributed by atoms with van der Waals surface area (Å²) in [5.41, 5.74) is 10.6. The molecular weight excluding hydrogens is 280 g/mol. The fourth-order valence-electron chi connectivity index (χ4n) is 3.41. The summed E-state index contributed by atoms with van der Waals surface area (Å²) in [4.78, 5) is 11.0. The molecule has 0 spiro atoms. The van der Waals surface area contributed by atoms with E-state index in [0.29, 0.717) is 18.2 Å². The molecule has 0 saturated heterocycles. The largest absolute Gasteiger partial charge is 0.330 e. The molecule has 1 aromatic heterocycles. The zero-order valence-corrected chi connectivity index (χ0v) is 12.9. The Morgan fingerprint density at radius 3 is 2.91 bits per heavy atom. The Hall–Kier alpha value is -2.21. The molecule has 116 valence electrons. The van der Waals surface area contributed by atoms with Gasteiger partial charge in [-0.3, -0.25) is 10.1 Å². The molecule has 1 aliphatic carbocycles. The number of benzene rings is 1. The second-order valence-corrected chi connectivity index (χ2v) is 5.93.